The number of hydrogen-bond acceptors (Lipinski definition) is 3. The quantitative estimate of drug-likeness (QED) is 0.497. The maximum absolute atomic E-state index is 11.9. The predicted octanol–water partition coefficient (Wildman–Crippen LogP) is 4.47. The first-order valence-corrected chi connectivity index (χ1v) is 7.21. The van der Waals surface area contributed by atoms with Gasteiger partial charge in [-0.1, -0.05) is 33.6 Å². The molecule has 114 valence electrons. The molecule has 0 spiro atoms. The van der Waals surface area contributed by atoms with Crippen molar-refractivity contribution in [3.63, 3.8) is 0 Å². The van der Waals surface area contributed by atoms with Crippen LogP contribution in [0.4, 0.5) is 8.78 Å². The molecule has 0 aliphatic carbocycles. The van der Waals surface area contributed by atoms with Crippen molar-refractivity contribution in [1.29, 1.82) is 0 Å². The van der Waals surface area contributed by atoms with Gasteiger partial charge in [0.05, 0.1) is 14.2 Å². The van der Waals surface area contributed by atoms with Crippen LogP contribution < -0.4 is 9.47 Å². The highest BCUT2D eigenvalue weighted by Crippen LogP contribution is 2.42. The van der Waals surface area contributed by atoms with Gasteiger partial charge in [0.1, 0.15) is 23.1 Å². The average Bonchev–Trinajstić information content (AvgIpc) is 2.42. The molecule has 20 heavy (non-hydrogen) atoms. The highest BCUT2D eigenvalue weighted by molar-refractivity contribution is 9.09. The third-order valence-electron chi connectivity index (χ3n) is 2.61. The van der Waals surface area contributed by atoms with Crippen LogP contribution in [0.25, 0.3) is 0 Å². The lowest BCUT2D eigenvalue weighted by Crippen LogP contribution is -2.07. The zero-order valence-corrected chi connectivity index (χ0v) is 13.5. The van der Waals surface area contributed by atoms with Crippen LogP contribution in [-0.4, -0.2) is 33.9 Å². The molecule has 1 aromatic rings. The molecule has 0 saturated carbocycles. The average molecular weight is 374 g/mol. The van der Waals surface area contributed by atoms with Gasteiger partial charge >= 0.3 is 0 Å². The van der Waals surface area contributed by atoms with Crippen molar-refractivity contribution in [2.75, 3.05) is 27.4 Å². The first-order valence-electron chi connectivity index (χ1n) is 5.91. The molecule has 0 saturated heterocycles. The summed E-state index contributed by atoms with van der Waals surface area (Å²) in [6, 6.07) is 3.55. The zero-order chi connectivity index (χ0) is 15.1. The van der Waals surface area contributed by atoms with Crippen LogP contribution in [-0.2, 0) is 4.74 Å². The highest BCUT2D eigenvalue weighted by atomic mass is 79.9. The molecule has 0 aliphatic heterocycles. The summed E-state index contributed by atoms with van der Waals surface area (Å²) in [7, 11) is 3.03. The van der Waals surface area contributed by atoms with E-state index in [2.05, 4.69) is 15.9 Å². The summed E-state index contributed by atoms with van der Waals surface area (Å²) < 4.78 is 39.1. The minimum absolute atomic E-state index is 0.112. The van der Waals surface area contributed by atoms with Crippen LogP contribution in [0.3, 0.4) is 0 Å². The molecule has 0 aliphatic rings. The molecule has 0 fully saturated rings. The number of methoxy groups -OCH3 is 2. The summed E-state index contributed by atoms with van der Waals surface area (Å²) in [5.41, 5.74) is 0.818. The summed E-state index contributed by atoms with van der Waals surface area (Å²) in [6.45, 7) is -0.340. The molecule has 1 rings (SSSR count). The van der Waals surface area contributed by atoms with Crippen molar-refractivity contribution >= 4 is 27.5 Å². The van der Waals surface area contributed by atoms with Gasteiger partial charge in [0.2, 0.25) is 0 Å². The molecule has 7 heteroatoms. The van der Waals surface area contributed by atoms with Crippen molar-refractivity contribution in [3.8, 4) is 11.5 Å². The smallest absolute Gasteiger partial charge is 0.261 e. The Kier molecular flexibility index (Phi) is 7.55. The first kappa shape index (κ1) is 17.5. The normalized spacial score (nSPS) is 12.6. The van der Waals surface area contributed by atoms with Crippen molar-refractivity contribution < 1.29 is 23.0 Å². The zero-order valence-electron chi connectivity index (χ0n) is 11.2. The van der Waals surface area contributed by atoms with E-state index in [1.54, 1.807) is 6.07 Å². The predicted molar refractivity (Wildman–Crippen MR) is 77.7 cm³/mol. The maximum Gasteiger partial charge on any atom is 0.261 e. The van der Waals surface area contributed by atoms with Crippen molar-refractivity contribution in [2.45, 2.75) is 17.7 Å². The van der Waals surface area contributed by atoms with Crippen LogP contribution in [0, 0.1) is 0 Å². The van der Waals surface area contributed by atoms with E-state index in [0.29, 0.717) is 22.9 Å². The Bertz CT molecular complexity index is 432. The lowest BCUT2D eigenvalue weighted by molar-refractivity contribution is 0.0167. The molecule has 1 atom stereocenters. The van der Waals surface area contributed by atoms with Crippen LogP contribution in [0.15, 0.2) is 12.1 Å². The largest absolute Gasteiger partial charge is 0.495 e. The summed E-state index contributed by atoms with van der Waals surface area (Å²) in [5, 5.41) is 0.380. The molecule has 0 bridgehead atoms. The number of ether oxygens (including phenoxy) is 3. The van der Waals surface area contributed by atoms with E-state index < -0.39 is 13.0 Å². The van der Waals surface area contributed by atoms with Gasteiger partial charge < -0.3 is 14.2 Å². The summed E-state index contributed by atoms with van der Waals surface area (Å²) >= 11 is 9.64. The van der Waals surface area contributed by atoms with Gasteiger partial charge in [-0.3, -0.25) is 0 Å². The van der Waals surface area contributed by atoms with Crippen LogP contribution in [0.1, 0.15) is 16.8 Å². The number of benzene rings is 1. The highest BCUT2D eigenvalue weighted by Gasteiger charge is 2.18. The second-order valence-electron chi connectivity index (χ2n) is 3.93. The Morgan fingerprint density at radius 1 is 1.25 bits per heavy atom. The fourth-order valence-electron chi connectivity index (χ4n) is 1.68. The van der Waals surface area contributed by atoms with Crippen LogP contribution in [0.2, 0.25) is 5.02 Å². The Morgan fingerprint density at radius 3 is 2.50 bits per heavy atom. The molecule has 0 amide bonds. The van der Waals surface area contributed by atoms with Gasteiger partial charge in [0.15, 0.2) is 0 Å². The van der Waals surface area contributed by atoms with Gasteiger partial charge in [-0.2, -0.15) is 0 Å². The maximum atomic E-state index is 11.9. The van der Waals surface area contributed by atoms with Gasteiger partial charge in [-0.15, -0.1) is 0 Å². The third kappa shape index (κ3) is 4.75. The van der Waals surface area contributed by atoms with Crippen LogP contribution >= 0.6 is 27.5 Å². The Labute approximate surface area is 130 Å². The topological polar surface area (TPSA) is 27.7 Å². The number of rotatable bonds is 8. The minimum atomic E-state index is -2.45. The molecule has 0 N–H and O–H groups in total. The molecule has 1 unspecified atom stereocenters. The van der Waals surface area contributed by atoms with Gasteiger partial charge in [-0.05, 0) is 12.5 Å². The third-order valence-corrected chi connectivity index (χ3v) is 3.92. The Morgan fingerprint density at radius 2 is 1.95 bits per heavy atom. The van der Waals surface area contributed by atoms with Crippen molar-refractivity contribution in [3.05, 3.63) is 22.7 Å². The molecular weight excluding hydrogens is 357 g/mol. The number of halogens is 4. The van der Waals surface area contributed by atoms with E-state index in [1.807, 2.05) is 6.07 Å². The Hall–Kier alpha value is -0.590. The second kappa shape index (κ2) is 8.64. The van der Waals surface area contributed by atoms with E-state index >= 15 is 0 Å². The summed E-state index contributed by atoms with van der Waals surface area (Å²) in [6.07, 6.45) is -1.93. The van der Waals surface area contributed by atoms with E-state index in [4.69, 9.17) is 25.8 Å². The van der Waals surface area contributed by atoms with E-state index in [1.165, 1.54) is 14.2 Å². The van der Waals surface area contributed by atoms with E-state index in [9.17, 15) is 8.78 Å². The van der Waals surface area contributed by atoms with Gasteiger partial charge in [0, 0.05) is 17.0 Å². The van der Waals surface area contributed by atoms with Gasteiger partial charge in [-0.25, -0.2) is 8.78 Å². The fourth-order valence-corrected chi connectivity index (χ4v) is 2.55. The second-order valence-corrected chi connectivity index (χ2v) is 5.41. The van der Waals surface area contributed by atoms with Gasteiger partial charge in [0.25, 0.3) is 6.43 Å². The van der Waals surface area contributed by atoms with Crippen LogP contribution in [0.5, 0.6) is 11.5 Å². The molecule has 3 nitrogen and oxygen atoms in total. The summed E-state index contributed by atoms with van der Waals surface area (Å²) in [5.74, 6) is 1.02. The number of hydrogen-bond donors (Lipinski definition) is 0. The Balaban J connectivity index is 2.72. The molecule has 0 aromatic heterocycles. The van der Waals surface area contributed by atoms with E-state index in [-0.39, 0.29) is 11.4 Å². The molecule has 0 radical (unpaired) electrons. The lowest BCUT2D eigenvalue weighted by atomic mass is 10.1. The van der Waals surface area contributed by atoms with Crippen molar-refractivity contribution in [1.82, 2.24) is 0 Å². The minimum Gasteiger partial charge on any atom is -0.495 e. The standard InChI is InChI=1S/C13H16BrClF2O3/c1-18-10-4-3-8(13(19-2)12(10)15)9(14)5-6-20-7-11(16)17/h3-4,9,11H,5-7H2,1-2H3. The number of alkyl halides is 3. The molecule has 1 aromatic carbocycles. The SMILES string of the molecule is COc1ccc(C(Br)CCOCC(F)F)c(OC)c1Cl. The van der Waals surface area contributed by atoms with Crippen molar-refractivity contribution in [2.24, 2.45) is 0 Å². The molecular formula is C13H16BrClF2O3. The summed E-state index contributed by atoms with van der Waals surface area (Å²) in [4.78, 5) is -0.112. The fraction of sp³-hybridized carbons (Fsp3) is 0.538. The first-order chi connectivity index (χ1) is 9.51. The lowest BCUT2D eigenvalue weighted by Gasteiger charge is -2.17. The van der Waals surface area contributed by atoms with E-state index in [0.717, 1.165) is 5.56 Å². The monoisotopic (exact) mass is 372 g/mol. The molecule has 0 heterocycles.